The van der Waals surface area contributed by atoms with Crippen LogP contribution in [0.1, 0.15) is 48.6 Å². The molecule has 0 spiro atoms. The van der Waals surface area contributed by atoms with Crippen LogP contribution in [-0.4, -0.2) is 28.0 Å². The predicted octanol–water partition coefficient (Wildman–Crippen LogP) is 6.53. The van der Waals surface area contributed by atoms with Gasteiger partial charge in [0.05, 0.1) is 24.3 Å². The zero-order chi connectivity index (χ0) is 26.1. The molecule has 0 bridgehead atoms. The first-order chi connectivity index (χ1) is 16.3. The third-order valence-corrected chi connectivity index (χ3v) is 6.70. The number of benzene rings is 3. The van der Waals surface area contributed by atoms with Gasteiger partial charge in [0.15, 0.2) is 0 Å². The van der Waals surface area contributed by atoms with Gasteiger partial charge in [-0.2, -0.15) is 0 Å². The molecular weight excluding hydrogens is 456 g/mol. The van der Waals surface area contributed by atoms with Crippen LogP contribution in [0.5, 0.6) is 0 Å². The first-order valence-corrected chi connectivity index (χ1v) is 12.9. The van der Waals surface area contributed by atoms with E-state index < -0.39 is 11.6 Å². The molecule has 0 saturated heterocycles. The van der Waals surface area contributed by atoms with Gasteiger partial charge < -0.3 is 20.3 Å². The molecule has 1 aliphatic heterocycles. The van der Waals surface area contributed by atoms with Gasteiger partial charge in [-0.25, -0.2) is 0 Å². The molecule has 0 unspecified atom stereocenters. The van der Waals surface area contributed by atoms with Crippen molar-refractivity contribution < 1.29 is 15.0 Å². The number of aryl methyl sites for hydroxylation is 1. The number of nitrogens with two attached hydrogens (primary N) is 1. The summed E-state index contributed by atoms with van der Waals surface area (Å²) in [5.74, 6) is -0.818. The summed E-state index contributed by atoms with van der Waals surface area (Å²) in [6.45, 7) is 12.2. The molecule has 5 nitrogen and oxygen atoms in total. The highest BCUT2D eigenvalue weighted by atomic mass is 32.2. The summed E-state index contributed by atoms with van der Waals surface area (Å²) < 4.78 is 2.26. The first-order valence-electron chi connectivity index (χ1n) is 11.7. The van der Waals surface area contributed by atoms with Gasteiger partial charge in [0.25, 0.3) is 0 Å². The summed E-state index contributed by atoms with van der Waals surface area (Å²) in [6.07, 6.45) is 2.06. The standard InChI is InChI=1S/C25H26N2O2S.C4H10O/c1-14-5-7-17(8-6-14)23-16(3)24-21-11-19(26)10-9-18(21)13-27(30-4)25(24)15(2)20(23)12-22(28)29;1-4(2,3)5/h5-11H,12-13,26H2,1-4H3,(H,28,29);5H,1-3H3. The van der Waals surface area contributed by atoms with E-state index in [0.717, 1.165) is 56.9 Å². The molecule has 1 aliphatic rings. The Labute approximate surface area is 213 Å². The van der Waals surface area contributed by atoms with E-state index in [1.807, 2.05) is 12.1 Å². The van der Waals surface area contributed by atoms with Gasteiger partial charge in [0.1, 0.15) is 0 Å². The van der Waals surface area contributed by atoms with Crippen LogP contribution >= 0.6 is 11.9 Å². The lowest BCUT2D eigenvalue weighted by Crippen LogP contribution is -2.22. The lowest BCUT2D eigenvalue weighted by Gasteiger charge is -2.35. The molecule has 0 saturated carbocycles. The van der Waals surface area contributed by atoms with Gasteiger partial charge >= 0.3 is 5.97 Å². The van der Waals surface area contributed by atoms with E-state index in [1.54, 1.807) is 32.7 Å². The van der Waals surface area contributed by atoms with Crippen LogP contribution in [0.2, 0.25) is 0 Å². The molecule has 1 heterocycles. The highest BCUT2D eigenvalue weighted by molar-refractivity contribution is 7.99. The second-order valence-electron chi connectivity index (χ2n) is 10.1. The Morgan fingerprint density at radius 3 is 2.17 bits per heavy atom. The van der Waals surface area contributed by atoms with Crippen molar-refractivity contribution in [2.24, 2.45) is 0 Å². The number of anilines is 2. The van der Waals surface area contributed by atoms with E-state index in [9.17, 15) is 9.90 Å². The van der Waals surface area contributed by atoms with E-state index >= 15 is 0 Å². The molecular formula is C29H36N2O3S. The van der Waals surface area contributed by atoms with Gasteiger partial charge in [0, 0.05) is 17.5 Å². The molecule has 0 aliphatic carbocycles. The average molecular weight is 493 g/mol. The molecule has 3 aromatic rings. The SMILES string of the molecule is CC(C)(C)O.CSN1Cc2ccc(N)cc2-c2c(C)c(-c3ccc(C)cc3)c(CC(=O)O)c(C)c21. The van der Waals surface area contributed by atoms with Crippen molar-refractivity contribution >= 4 is 29.3 Å². The van der Waals surface area contributed by atoms with E-state index in [2.05, 4.69) is 61.7 Å². The Morgan fingerprint density at radius 2 is 1.63 bits per heavy atom. The summed E-state index contributed by atoms with van der Waals surface area (Å²) in [5.41, 5.74) is 17.3. The topological polar surface area (TPSA) is 86.8 Å². The van der Waals surface area contributed by atoms with Gasteiger partial charge in [-0.1, -0.05) is 47.8 Å². The van der Waals surface area contributed by atoms with Crippen molar-refractivity contribution in [1.82, 2.24) is 0 Å². The van der Waals surface area contributed by atoms with Crippen molar-refractivity contribution in [3.05, 3.63) is 70.3 Å². The number of hydrogen-bond acceptors (Lipinski definition) is 5. The Hall–Kier alpha value is -2.96. The third-order valence-electron chi connectivity index (χ3n) is 5.95. The molecule has 35 heavy (non-hydrogen) atoms. The molecule has 4 N–H and O–H groups in total. The lowest BCUT2D eigenvalue weighted by atomic mass is 9.81. The average Bonchev–Trinajstić information content (AvgIpc) is 2.75. The number of aliphatic hydroxyl groups is 1. The normalized spacial score (nSPS) is 12.4. The van der Waals surface area contributed by atoms with Crippen LogP contribution < -0.4 is 10.0 Å². The number of carbonyl (C=O) groups is 1. The van der Waals surface area contributed by atoms with Crippen LogP contribution in [0.4, 0.5) is 11.4 Å². The maximum absolute atomic E-state index is 11.8. The molecule has 4 rings (SSSR count). The summed E-state index contributed by atoms with van der Waals surface area (Å²) in [7, 11) is 0. The summed E-state index contributed by atoms with van der Waals surface area (Å²) in [4.78, 5) is 11.8. The van der Waals surface area contributed by atoms with E-state index in [-0.39, 0.29) is 6.42 Å². The monoisotopic (exact) mass is 492 g/mol. The second-order valence-corrected chi connectivity index (χ2v) is 10.9. The number of nitrogens with zero attached hydrogens (tertiary/aromatic N) is 1. The molecule has 0 aromatic heterocycles. The number of carboxylic acid groups (broad SMARTS) is 1. The van der Waals surface area contributed by atoms with E-state index in [4.69, 9.17) is 10.8 Å². The number of aliphatic carboxylic acids is 1. The minimum absolute atomic E-state index is 0.00479. The minimum Gasteiger partial charge on any atom is -0.481 e. The molecule has 0 amide bonds. The fourth-order valence-corrected chi connectivity index (χ4v) is 5.20. The van der Waals surface area contributed by atoms with Crippen LogP contribution in [0.25, 0.3) is 22.3 Å². The van der Waals surface area contributed by atoms with Gasteiger partial charge in [0.2, 0.25) is 0 Å². The second kappa shape index (κ2) is 10.3. The van der Waals surface area contributed by atoms with Crippen LogP contribution in [0.3, 0.4) is 0 Å². The summed E-state index contributed by atoms with van der Waals surface area (Å²) in [6, 6.07) is 14.4. The number of rotatable bonds is 4. The molecule has 186 valence electrons. The number of carboxylic acids is 1. The summed E-state index contributed by atoms with van der Waals surface area (Å²) in [5, 5.41) is 18.2. The summed E-state index contributed by atoms with van der Waals surface area (Å²) >= 11 is 1.66. The smallest absolute Gasteiger partial charge is 0.307 e. The van der Waals surface area contributed by atoms with E-state index in [0.29, 0.717) is 0 Å². The maximum Gasteiger partial charge on any atom is 0.307 e. The van der Waals surface area contributed by atoms with Crippen molar-refractivity contribution in [3.8, 4) is 22.3 Å². The van der Waals surface area contributed by atoms with E-state index in [1.165, 1.54) is 11.1 Å². The molecule has 3 aromatic carbocycles. The minimum atomic E-state index is -0.818. The Balaban J connectivity index is 0.000000623. The van der Waals surface area contributed by atoms with Crippen LogP contribution in [0, 0.1) is 20.8 Å². The first kappa shape index (κ1) is 26.6. The Morgan fingerprint density at radius 1 is 1.03 bits per heavy atom. The highest BCUT2D eigenvalue weighted by Gasteiger charge is 2.30. The van der Waals surface area contributed by atoms with Gasteiger partial charge in [-0.3, -0.25) is 4.79 Å². The number of hydrogen-bond donors (Lipinski definition) is 3. The Kier molecular flexibility index (Phi) is 7.87. The predicted molar refractivity (Wildman–Crippen MR) is 149 cm³/mol. The zero-order valence-corrected chi connectivity index (χ0v) is 22.5. The molecule has 6 heteroatoms. The number of nitrogen functional groups attached to an aromatic ring is 1. The van der Waals surface area contributed by atoms with Crippen molar-refractivity contribution in [2.45, 2.75) is 60.1 Å². The Bertz CT molecular complexity index is 1240. The largest absolute Gasteiger partial charge is 0.481 e. The maximum atomic E-state index is 11.8. The van der Waals surface area contributed by atoms with Crippen LogP contribution in [0.15, 0.2) is 42.5 Å². The molecule has 0 atom stereocenters. The highest BCUT2D eigenvalue weighted by Crippen LogP contribution is 2.50. The van der Waals surface area contributed by atoms with Crippen molar-refractivity contribution in [1.29, 1.82) is 0 Å². The lowest BCUT2D eigenvalue weighted by molar-refractivity contribution is -0.136. The van der Waals surface area contributed by atoms with Gasteiger partial charge in [-0.15, -0.1) is 0 Å². The quantitative estimate of drug-likeness (QED) is 0.283. The molecule has 0 radical (unpaired) electrons. The van der Waals surface area contributed by atoms with Gasteiger partial charge in [-0.05, 0) is 92.6 Å². The fraction of sp³-hybridized carbons (Fsp3) is 0.345. The molecule has 0 fully saturated rings. The number of fused-ring (bicyclic) bond motifs is 3. The van der Waals surface area contributed by atoms with Crippen LogP contribution in [-0.2, 0) is 17.8 Å². The van der Waals surface area contributed by atoms with Crippen molar-refractivity contribution in [3.63, 3.8) is 0 Å². The third kappa shape index (κ3) is 6.00. The zero-order valence-electron chi connectivity index (χ0n) is 21.7. The van der Waals surface area contributed by atoms with Crippen molar-refractivity contribution in [2.75, 3.05) is 16.3 Å². The fourth-order valence-electron chi connectivity index (χ4n) is 4.53.